The van der Waals surface area contributed by atoms with Crippen LogP contribution in [0.4, 0.5) is 0 Å². The second-order valence-corrected chi connectivity index (χ2v) is 8.50. The maximum Gasteiger partial charge on any atom is 0.225 e. The summed E-state index contributed by atoms with van der Waals surface area (Å²) in [7, 11) is 1.69. The largest absolute Gasteiger partial charge is 0.497 e. The van der Waals surface area contributed by atoms with E-state index < -0.39 is 0 Å². The highest BCUT2D eigenvalue weighted by atomic mass is 79.9. The molecule has 148 valence electrons. The van der Waals surface area contributed by atoms with Gasteiger partial charge in [-0.05, 0) is 66.1 Å². The molecule has 2 aliphatic heterocycles. The number of piperidine rings is 1. The first-order valence-corrected chi connectivity index (χ1v) is 10.7. The molecule has 2 heterocycles. The number of rotatable bonds is 4. The Bertz CT molecular complexity index is 828. The number of nitrogens with zero attached hydrogens (tertiary/aromatic N) is 1. The van der Waals surface area contributed by atoms with Gasteiger partial charge in [0.25, 0.3) is 0 Å². The van der Waals surface area contributed by atoms with Gasteiger partial charge in [0, 0.05) is 17.6 Å². The van der Waals surface area contributed by atoms with Crippen LogP contribution < -0.4 is 4.74 Å². The number of ether oxygens (including phenoxy) is 2. The predicted molar refractivity (Wildman–Crippen MR) is 113 cm³/mol. The number of likely N-dealkylation sites (tertiary alicyclic amines) is 1. The molecule has 4 rings (SSSR count). The molecule has 2 aliphatic rings. The smallest absolute Gasteiger partial charge is 0.225 e. The number of fused-ring (bicyclic) bond motifs is 1. The number of methoxy groups -OCH3 is 1. The summed E-state index contributed by atoms with van der Waals surface area (Å²) in [6.45, 7) is 2.31. The Morgan fingerprint density at radius 1 is 1.18 bits per heavy atom. The van der Waals surface area contributed by atoms with E-state index in [4.69, 9.17) is 9.47 Å². The zero-order valence-corrected chi connectivity index (χ0v) is 17.8. The maximum atomic E-state index is 12.9. The molecule has 0 aliphatic carbocycles. The third kappa shape index (κ3) is 4.26. The highest BCUT2D eigenvalue weighted by molar-refractivity contribution is 9.10. The molecule has 2 aromatic rings. The van der Waals surface area contributed by atoms with Crippen LogP contribution >= 0.6 is 15.9 Å². The van der Waals surface area contributed by atoms with Gasteiger partial charge in [-0.25, -0.2) is 0 Å². The van der Waals surface area contributed by atoms with E-state index >= 15 is 0 Å². The molecule has 2 aromatic carbocycles. The second-order valence-electron chi connectivity index (χ2n) is 7.58. The fourth-order valence-electron chi connectivity index (χ4n) is 4.30. The molecule has 1 amide bonds. The summed E-state index contributed by atoms with van der Waals surface area (Å²) in [5, 5.41) is 0. The van der Waals surface area contributed by atoms with Crippen molar-refractivity contribution in [3.05, 3.63) is 63.6 Å². The van der Waals surface area contributed by atoms with Gasteiger partial charge in [-0.3, -0.25) is 4.79 Å². The van der Waals surface area contributed by atoms with Crippen molar-refractivity contribution in [2.75, 3.05) is 26.8 Å². The van der Waals surface area contributed by atoms with Gasteiger partial charge < -0.3 is 14.4 Å². The van der Waals surface area contributed by atoms with E-state index in [-0.39, 0.29) is 12.0 Å². The van der Waals surface area contributed by atoms with Crippen molar-refractivity contribution < 1.29 is 14.3 Å². The van der Waals surface area contributed by atoms with Gasteiger partial charge in [-0.15, -0.1) is 0 Å². The van der Waals surface area contributed by atoms with Crippen LogP contribution in [0.5, 0.6) is 5.75 Å². The number of carbonyl (C=O) groups excluding carboxylic acids is 1. The van der Waals surface area contributed by atoms with Gasteiger partial charge in [-0.1, -0.05) is 34.1 Å². The Kier molecular flexibility index (Phi) is 6.02. The van der Waals surface area contributed by atoms with Crippen molar-refractivity contribution in [1.82, 2.24) is 4.90 Å². The Morgan fingerprint density at radius 3 is 2.64 bits per heavy atom. The van der Waals surface area contributed by atoms with E-state index in [0.717, 1.165) is 48.1 Å². The van der Waals surface area contributed by atoms with Crippen molar-refractivity contribution in [1.29, 1.82) is 0 Å². The molecule has 0 aromatic heterocycles. The molecule has 0 unspecified atom stereocenters. The lowest BCUT2D eigenvalue weighted by atomic mass is 9.89. The third-order valence-corrected chi connectivity index (χ3v) is 6.43. The number of hydrogen-bond acceptors (Lipinski definition) is 3. The van der Waals surface area contributed by atoms with Crippen LogP contribution in [0, 0.1) is 0 Å². The minimum atomic E-state index is -0.122. The SMILES string of the molecule is COc1ccc(C2CCN(C(=O)C[C@@H]3OCCc4cc(Br)ccc43)CC2)cc1. The highest BCUT2D eigenvalue weighted by Gasteiger charge is 2.28. The van der Waals surface area contributed by atoms with Crippen LogP contribution in [0.15, 0.2) is 46.9 Å². The molecule has 1 fully saturated rings. The van der Waals surface area contributed by atoms with Gasteiger partial charge in [0.05, 0.1) is 26.2 Å². The molecular formula is C23H26BrNO3. The van der Waals surface area contributed by atoms with Gasteiger partial charge in [0.2, 0.25) is 5.91 Å². The first-order valence-electron chi connectivity index (χ1n) is 9.95. The van der Waals surface area contributed by atoms with E-state index in [9.17, 15) is 4.79 Å². The average molecular weight is 444 g/mol. The number of halogens is 1. The monoisotopic (exact) mass is 443 g/mol. The predicted octanol–water partition coefficient (Wildman–Crippen LogP) is 4.87. The summed E-state index contributed by atoms with van der Waals surface area (Å²) in [6.07, 6.45) is 3.23. The number of hydrogen-bond donors (Lipinski definition) is 0. The number of carbonyl (C=O) groups is 1. The number of amides is 1. The van der Waals surface area contributed by atoms with Crippen LogP contribution in [0.2, 0.25) is 0 Å². The summed E-state index contributed by atoms with van der Waals surface area (Å²) in [5.41, 5.74) is 3.79. The normalized spacial score (nSPS) is 19.9. The van der Waals surface area contributed by atoms with E-state index in [1.54, 1.807) is 7.11 Å². The van der Waals surface area contributed by atoms with E-state index in [1.807, 2.05) is 23.1 Å². The number of benzene rings is 2. The van der Waals surface area contributed by atoms with Crippen molar-refractivity contribution in [3.8, 4) is 5.75 Å². The summed E-state index contributed by atoms with van der Waals surface area (Å²) in [6, 6.07) is 14.6. The van der Waals surface area contributed by atoms with Crippen LogP contribution in [0.3, 0.4) is 0 Å². The van der Waals surface area contributed by atoms with Crippen LogP contribution in [0.1, 0.15) is 48.0 Å². The third-order valence-electron chi connectivity index (χ3n) is 5.94. The van der Waals surface area contributed by atoms with E-state index in [1.165, 1.54) is 11.1 Å². The topological polar surface area (TPSA) is 38.8 Å². The first kappa shape index (κ1) is 19.5. The minimum Gasteiger partial charge on any atom is -0.497 e. The maximum absolute atomic E-state index is 12.9. The van der Waals surface area contributed by atoms with Crippen molar-refractivity contribution in [2.24, 2.45) is 0 Å². The fraction of sp³-hybridized carbons (Fsp3) is 0.435. The Balaban J connectivity index is 1.34. The molecule has 1 atom stereocenters. The average Bonchev–Trinajstić information content (AvgIpc) is 2.74. The van der Waals surface area contributed by atoms with Crippen LogP contribution in [-0.4, -0.2) is 37.6 Å². The molecule has 0 spiro atoms. The first-order chi connectivity index (χ1) is 13.6. The molecule has 1 saturated heterocycles. The molecule has 0 radical (unpaired) electrons. The molecule has 4 nitrogen and oxygen atoms in total. The van der Waals surface area contributed by atoms with Gasteiger partial charge >= 0.3 is 0 Å². The standard InChI is InChI=1S/C23H26BrNO3/c1-27-20-5-2-16(3-6-20)17-8-11-25(12-9-17)23(26)15-22-21-7-4-19(24)14-18(21)10-13-28-22/h2-7,14,17,22H,8-13,15H2,1H3/t22-/m0/s1. The zero-order valence-electron chi connectivity index (χ0n) is 16.2. The lowest BCUT2D eigenvalue weighted by Gasteiger charge is -2.34. The van der Waals surface area contributed by atoms with Gasteiger partial charge in [-0.2, -0.15) is 0 Å². The van der Waals surface area contributed by atoms with Gasteiger partial charge in [0.15, 0.2) is 0 Å². The molecular weight excluding hydrogens is 418 g/mol. The Hall–Kier alpha value is -1.85. The van der Waals surface area contributed by atoms with Crippen LogP contribution in [-0.2, 0) is 16.0 Å². The highest BCUT2D eigenvalue weighted by Crippen LogP contribution is 2.34. The Labute approximate surface area is 175 Å². The quantitative estimate of drug-likeness (QED) is 0.676. The molecule has 28 heavy (non-hydrogen) atoms. The Morgan fingerprint density at radius 2 is 1.93 bits per heavy atom. The lowest BCUT2D eigenvalue weighted by Crippen LogP contribution is -2.39. The molecule has 0 bridgehead atoms. The lowest BCUT2D eigenvalue weighted by molar-refractivity contribution is -0.135. The van der Waals surface area contributed by atoms with E-state index in [2.05, 4.69) is 40.2 Å². The summed E-state index contributed by atoms with van der Waals surface area (Å²) in [4.78, 5) is 14.9. The molecule has 5 heteroatoms. The minimum absolute atomic E-state index is 0.122. The van der Waals surface area contributed by atoms with Crippen molar-refractivity contribution in [2.45, 2.75) is 37.7 Å². The summed E-state index contributed by atoms with van der Waals surface area (Å²) in [5.74, 6) is 1.60. The summed E-state index contributed by atoms with van der Waals surface area (Å²) < 4.78 is 12.3. The molecule has 0 saturated carbocycles. The zero-order chi connectivity index (χ0) is 19.5. The fourth-order valence-corrected chi connectivity index (χ4v) is 4.71. The van der Waals surface area contributed by atoms with Crippen molar-refractivity contribution >= 4 is 21.8 Å². The van der Waals surface area contributed by atoms with Gasteiger partial charge in [0.1, 0.15) is 5.75 Å². The van der Waals surface area contributed by atoms with Crippen LogP contribution in [0.25, 0.3) is 0 Å². The summed E-state index contributed by atoms with van der Waals surface area (Å²) >= 11 is 3.53. The second kappa shape index (κ2) is 8.66. The van der Waals surface area contributed by atoms with E-state index in [0.29, 0.717) is 18.9 Å². The van der Waals surface area contributed by atoms with Crippen molar-refractivity contribution in [3.63, 3.8) is 0 Å². The molecule has 0 N–H and O–H groups in total.